The average Bonchev–Trinajstić information content (AvgIpc) is 2.90. The van der Waals surface area contributed by atoms with Crippen LogP contribution < -0.4 is 0 Å². The highest BCUT2D eigenvalue weighted by Gasteiger charge is 2.26. The second-order valence-electron chi connectivity index (χ2n) is 6.78. The standard InChI is InChI=1S/C20H24ClN3O2/c1-14-12-17(15(2)22(14)3)20(26)24-10-8-23(9-11-24)19(25)13-16-6-4-5-7-18(16)21/h4-7,12H,8-11,13H2,1-3H3. The first-order valence-electron chi connectivity index (χ1n) is 8.82. The summed E-state index contributed by atoms with van der Waals surface area (Å²) in [4.78, 5) is 29.0. The fraction of sp³-hybridized carbons (Fsp3) is 0.400. The van der Waals surface area contributed by atoms with Gasteiger partial charge in [-0.15, -0.1) is 0 Å². The number of halogens is 1. The zero-order valence-electron chi connectivity index (χ0n) is 15.5. The number of rotatable bonds is 3. The Bertz CT molecular complexity index is 836. The zero-order valence-corrected chi connectivity index (χ0v) is 16.2. The molecule has 6 heteroatoms. The summed E-state index contributed by atoms with van der Waals surface area (Å²) in [6.07, 6.45) is 0.296. The lowest BCUT2D eigenvalue weighted by Gasteiger charge is -2.35. The molecule has 1 aliphatic heterocycles. The van der Waals surface area contributed by atoms with E-state index in [2.05, 4.69) is 0 Å². The number of carbonyl (C=O) groups excluding carboxylic acids is 2. The lowest BCUT2D eigenvalue weighted by Crippen LogP contribution is -2.51. The summed E-state index contributed by atoms with van der Waals surface area (Å²) in [5.41, 5.74) is 3.64. The number of piperazine rings is 1. The van der Waals surface area contributed by atoms with Crippen molar-refractivity contribution in [3.8, 4) is 0 Å². The molecule has 1 aromatic heterocycles. The summed E-state index contributed by atoms with van der Waals surface area (Å²) in [5, 5.41) is 0.615. The van der Waals surface area contributed by atoms with Crippen molar-refractivity contribution in [1.82, 2.24) is 14.4 Å². The molecular weight excluding hydrogens is 350 g/mol. The molecule has 5 nitrogen and oxygen atoms in total. The Morgan fingerprint density at radius 1 is 1.04 bits per heavy atom. The van der Waals surface area contributed by atoms with Crippen molar-refractivity contribution in [3.05, 3.63) is 57.9 Å². The summed E-state index contributed by atoms with van der Waals surface area (Å²) in [5.74, 6) is 0.0985. The molecule has 1 fully saturated rings. The van der Waals surface area contributed by atoms with Gasteiger partial charge in [0.2, 0.25) is 5.91 Å². The predicted molar refractivity (Wildman–Crippen MR) is 103 cm³/mol. The average molecular weight is 374 g/mol. The third-order valence-electron chi connectivity index (χ3n) is 5.22. The summed E-state index contributed by atoms with van der Waals surface area (Å²) in [7, 11) is 1.97. The van der Waals surface area contributed by atoms with Crippen molar-refractivity contribution in [1.29, 1.82) is 0 Å². The lowest BCUT2D eigenvalue weighted by atomic mass is 10.1. The van der Waals surface area contributed by atoms with Crippen LogP contribution in [-0.2, 0) is 18.3 Å². The van der Waals surface area contributed by atoms with Gasteiger partial charge in [-0.3, -0.25) is 9.59 Å². The predicted octanol–water partition coefficient (Wildman–Crippen LogP) is 2.82. The second kappa shape index (κ2) is 7.54. The normalized spacial score (nSPS) is 14.6. The maximum absolute atomic E-state index is 12.8. The van der Waals surface area contributed by atoms with Gasteiger partial charge in [0, 0.05) is 49.6 Å². The molecule has 3 rings (SSSR count). The van der Waals surface area contributed by atoms with Gasteiger partial charge >= 0.3 is 0 Å². The fourth-order valence-electron chi connectivity index (χ4n) is 3.32. The van der Waals surface area contributed by atoms with Gasteiger partial charge in [-0.1, -0.05) is 29.8 Å². The number of aryl methyl sites for hydroxylation is 1. The number of carbonyl (C=O) groups is 2. The van der Waals surface area contributed by atoms with E-state index in [4.69, 9.17) is 11.6 Å². The largest absolute Gasteiger partial charge is 0.351 e. The van der Waals surface area contributed by atoms with Gasteiger partial charge in [0.1, 0.15) is 0 Å². The number of benzene rings is 1. The van der Waals surface area contributed by atoms with Crippen LogP contribution in [0.5, 0.6) is 0 Å². The highest BCUT2D eigenvalue weighted by atomic mass is 35.5. The molecule has 0 N–H and O–H groups in total. The van der Waals surface area contributed by atoms with Crippen molar-refractivity contribution in [2.24, 2.45) is 7.05 Å². The number of amides is 2. The molecule has 1 saturated heterocycles. The molecule has 26 heavy (non-hydrogen) atoms. The van der Waals surface area contributed by atoms with Gasteiger partial charge in [0.05, 0.1) is 12.0 Å². The molecule has 2 aromatic rings. The van der Waals surface area contributed by atoms with Gasteiger partial charge in [-0.25, -0.2) is 0 Å². The van der Waals surface area contributed by atoms with Gasteiger partial charge in [0.15, 0.2) is 0 Å². The first kappa shape index (κ1) is 18.5. The van der Waals surface area contributed by atoms with Crippen molar-refractivity contribution in [2.75, 3.05) is 26.2 Å². The van der Waals surface area contributed by atoms with Crippen LogP contribution in [0.2, 0.25) is 5.02 Å². The number of aromatic nitrogens is 1. The van der Waals surface area contributed by atoms with Crippen molar-refractivity contribution in [3.63, 3.8) is 0 Å². The van der Waals surface area contributed by atoms with E-state index in [1.165, 1.54) is 0 Å². The van der Waals surface area contributed by atoms with Crippen LogP contribution in [-0.4, -0.2) is 52.4 Å². The lowest BCUT2D eigenvalue weighted by molar-refractivity contribution is -0.131. The van der Waals surface area contributed by atoms with Gasteiger partial charge in [-0.05, 0) is 31.5 Å². The smallest absolute Gasteiger partial charge is 0.255 e. The monoisotopic (exact) mass is 373 g/mol. The molecule has 0 aliphatic carbocycles. The summed E-state index contributed by atoms with van der Waals surface area (Å²) in [6, 6.07) is 9.35. The molecule has 0 spiro atoms. The first-order chi connectivity index (χ1) is 12.4. The van der Waals surface area contributed by atoms with Gasteiger partial charge in [-0.2, -0.15) is 0 Å². The molecule has 2 heterocycles. The number of nitrogens with zero attached hydrogens (tertiary/aromatic N) is 3. The van der Waals surface area contributed by atoms with E-state index in [-0.39, 0.29) is 11.8 Å². The molecule has 2 amide bonds. The van der Waals surface area contributed by atoms with Crippen LogP contribution in [0.3, 0.4) is 0 Å². The highest BCUT2D eigenvalue weighted by molar-refractivity contribution is 6.31. The van der Waals surface area contributed by atoms with Crippen LogP contribution >= 0.6 is 11.6 Å². The van der Waals surface area contributed by atoms with E-state index in [0.29, 0.717) is 37.6 Å². The minimum Gasteiger partial charge on any atom is -0.351 e. The Kier molecular flexibility index (Phi) is 5.37. The highest BCUT2D eigenvalue weighted by Crippen LogP contribution is 2.19. The quantitative estimate of drug-likeness (QED) is 0.830. The Balaban J connectivity index is 1.60. The van der Waals surface area contributed by atoms with Crippen LogP contribution in [0.25, 0.3) is 0 Å². The maximum atomic E-state index is 12.8. The third-order valence-corrected chi connectivity index (χ3v) is 5.59. The van der Waals surface area contributed by atoms with E-state index in [9.17, 15) is 9.59 Å². The van der Waals surface area contributed by atoms with Crippen LogP contribution in [0.1, 0.15) is 27.3 Å². The van der Waals surface area contributed by atoms with E-state index in [0.717, 1.165) is 22.5 Å². The summed E-state index contributed by atoms with van der Waals surface area (Å²) >= 11 is 6.14. The Morgan fingerprint density at radius 3 is 2.23 bits per heavy atom. The van der Waals surface area contributed by atoms with Gasteiger partial charge in [0.25, 0.3) is 5.91 Å². The van der Waals surface area contributed by atoms with Crippen LogP contribution in [0.15, 0.2) is 30.3 Å². The summed E-state index contributed by atoms with van der Waals surface area (Å²) < 4.78 is 2.02. The maximum Gasteiger partial charge on any atom is 0.255 e. The third kappa shape index (κ3) is 3.63. The van der Waals surface area contributed by atoms with E-state index in [1.54, 1.807) is 6.07 Å². The van der Waals surface area contributed by atoms with E-state index >= 15 is 0 Å². The van der Waals surface area contributed by atoms with Crippen molar-refractivity contribution < 1.29 is 9.59 Å². The molecule has 0 atom stereocenters. The Hall–Kier alpha value is -2.27. The molecule has 0 saturated carbocycles. The van der Waals surface area contributed by atoms with Crippen LogP contribution in [0.4, 0.5) is 0 Å². The van der Waals surface area contributed by atoms with Gasteiger partial charge < -0.3 is 14.4 Å². The molecule has 0 unspecified atom stereocenters. The Morgan fingerprint density at radius 2 is 1.65 bits per heavy atom. The zero-order chi connectivity index (χ0) is 18.8. The van der Waals surface area contributed by atoms with Crippen LogP contribution in [0, 0.1) is 13.8 Å². The van der Waals surface area contributed by atoms with Crippen molar-refractivity contribution in [2.45, 2.75) is 20.3 Å². The molecule has 0 bridgehead atoms. The molecule has 138 valence electrons. The first-order valence-corrected chi connectivity index (χ1v) is 9.19. The van der Waals surface area contributed by atoms with E-state index in [1.807, 2.05) is 59.5 Å². The second-order valence-corrected chi connectivity index (χ2v) is 7.19. The SMILES string of the molecule is Cc1cc(C(=O)N2CCN(C(=O)Cc3ccccc3Cl)CC2)c(C)n1C. The number of hydrogen-bond donors (Lipinski definition) is 0. The molecule has 1 aliphatic rings. The molecule has 1 aromatic carbocycles. The Labute approximate surface area is 159 Å². The molecular formula is C20H24ClN3O2. The van der Waals surface area contributed by atoms with Crippen molar-refractivity contribution >= 4 is 23.4 Å². The molecule has 0 radical (unpaired) electrons. The number of hydrogen-bond acceptors (Lipinski definition) is 2. The fourth-order valence-corrected chi connectivity index (χ4v) is 3.52. The topological polar surface area (TPSA) is 45.6 Å². The minimum atomic E-state index is 0.0457. The summed E-state index contributed by atoms with van der Waals surface area (Å²) in [6.45, 7) is 6.18. The van der Waals surface area contributed by atoms with E-state index < -0.39 is 0 Å². The minimum absolute atomic E-state index is 0.0457.